The van der Waals surface area contributed by atoms with Crippen molar-refractivity contribution in [3.05, 3.63) is 35.9 Å². The molecule has 0 bridgehead atoms. The maximum absolute atomic E-state index is 12.8. The molecule has 1 fully saturated rings. The minimum Gasteiger partial charge on any atom is -0.481 e. The third-order valence-corrected chi connectivity index (χ3v) is 4.14. The molecule has 1 aliphatic heterocycles. The second-order valence-electron chi connectivity index (χ2n) is 5.49. The standard InChI is InChI=1S/C16H22N2O3/c1-3-17(2)14(12-7-5-4-6-8-12)15(19)18-10-9-13(11-18)16(20)21/h4-8,13-14H,3,9-11H2,1-2H3,(H,20,21)/t13-,14-/m0/s1. The molecule has 0 unspecified atom stereocenters. The summed E-state index contributed by atoms with van der Waals surface area (Å²) in [5.41, 5.74) is 0.950. The van der Waals surface area contributed by atoms with Crippen LogP contribution in [0.1, 0.15) is 24.9 Å². The molecule has 0 spiro atoms. The molecule has 0 radical (unpaired) electrons. The van der Waals surface area contributed by atoms with Crippen LogP contribution < -0.4 is 0 Å². The van der Waals surface area contributed by atoms with Gasteiger partial charge in [0, 0.05) is 13.1 Å². The second-order valence-corrected chi connectivity index (χ2v) is 5.49. The van der Waals surface area contributed by atoms with Crippen LogP contribution >= 0.6 is 0 Å². The molecule has 0 aromatic heterocycles. The van der Waals surface area contributed by atoms with Crippen molar-refractivity contribution in [1.29, 1.82) is 0 Å². The minimum absolute atomic E-state index is 0.00528. The van der Waals surface area contributed by atoms with E-state index in [9.17, 15) is 9.59 Å². The number of likely N-dealkylation sites (tertiary alicyclic amines) is 1. The van der Waals surface area contributed by atoms with E-state index in [4.69, 9.17) is 5.11 Å². The quantitative estimate of drug-likeness (QED) is 0.895. The number of benzene rings is 1. The highest BCUT2D eigenvalue weighted by Gasteiger charge is 2.35. The maximum atomic E-state index is 12.8. The lowest BCUT2D eigenvalue weighted by molar-refractivity contribution is -0.141. The van der Waals surface area contributed by atoms with Crippen LogP contribution in [0, 0.1) is 5.92 Å². The van der Waals surface area contributed by atoms with E-state index in [0.29, 0.717) is 19.5 Å². The molecule has 1 amide bonds. The average Bonchev–Trinajstić information content (AvgIpc) is 2.98. The topological polar surface area (TPSA) is 60.9 Å². The Balaban J connectivity index is 2.18. The van der Waals surface area contributed by atoms with Crippen molar-refractivity contribution in [2.45, 2.75) is 19.4 Å². The number of carboxylic acids is 1. The Hall–Kier alpha value is -1.88. The first-order valence-electron chi connectivity index (χ1n) is 7.31. The average molecular weight is 290 g/mol. The Morgan fingerprint density at radius 1 is 1.38 bits per heavy atom. The zero-order chi connectivity index (χ0) is 15.4. The van der Waals surface area contributed by atoms with Crippen molar-refractivity contribution >= 4 is 11.9 Å². The van der Waals surface area contributed by atoms with Crippen LogP contribution in [0.2, 0.25) is 0 Å². The highest BCUT2D eigenvalue weighted by Crippen LogP contribution is 2.25. The van der Waals surface area contributed by atoms with Gasteiger partial charge < -0.3 is 10.0 Å². The number of carboxylic acid groups (broad SMARTS) is 1. The van der Waals surface area contributed by atoms with Crippen LogP contribution in [-0.2, 0) is 9.59 Å². The highest BCUT2D eigenvalue weighted by molar-refractivity contribution is 5.84. The zero-order valence-electron chi connectivity index (χ0n) is 12.5. The van der Waals surface area contributed by atoms with E-state index in [-0.39, 0.29) is 11.9 Å². The number of carbonyl (C=O) groups excluding carboxylic acids is 1. The van der Waals surface area contributed by atoms with E-state index in [2.05, 4.69) is 0 Å². The summed E-state index contributed by atoms with van der Waals surface area (Å²) in [5, 5.41) is 9.08. The van der Waals surface area contributed by atoms with E-state index in [1.165, 1.54) is 0 Å². The Morgan fingerprint density at radius 2 is 2.05 bits per heavy atom. The number of carbonyl (C=O) groups is 2. The largest absolute Gasteiger partial charge is 0.481 e. The van der Waals surface area contributed by atoms with Gasteiger partial charge in [0.1, 0.15) is 6.04 Å². The van der Waals surface area contributed by atoms with Crippen LogP contribution in [0.3, 0.4) is 0 Å². The van der Waals surface area contributed by atoms with Gasteiger partial charge in [0.25, 0.3) is 0 Å². The minimum atomic E-state index is -0.814. The van der Waals surface area contributed by atoms with Gasteiger partial charge in [0.2, 0.25) is 5.91 Å². The first kappa shape index (κ1) is 15.5. The molecule has 2 rings (SSSR count). The summed E-state index contributed by atoms with van der Waals surface area (Å²) in [6, 6.07) is 9.31. The number of aliphatic carboxylic acids is 1. The van der Waals surface area contributed by atoms with Crippen LogP contribution in [0.4, 0.5) is 0 Å². The third kappa shape index (κ3) is 3.42. The lowest BCUT2D eigenvalue weighted by atomic mass is 10.0. The first-order chi connectivity index (χ1) is 10.0. The van der Waals surface area contributed by atoms with Crippen molar-refractivity contribution in [2.24, 2.45) is 5.92 Å². The van der Waals surface area contributed by atoms with Crippen molar-refractivity contribution in [3.8, 4) is 0 Å². The molecule has 5 nitrogen and oxygen atoms in total. The Morgan fingerprint density at radius 3 is 2.57 bits per heavy atom. The Kier molecular flexibility index (Phi) is 4.96. The molecule has 114 valence electrons. The van der Waals surface area contributed by atoms with E-state index in [1.807, 2.05) is 49.2 Å². The monoisotopic (exact) mass is 290 g/mol. The van der Waals surface area contributed by atoms with Gasteiger partial charge in [0.15, 0.2) is 0 Å². The number of hydrogen-bond donors (Lipinski definition) is 1. The maximum Gasteiger partial charge on any atom is 0.308 e. The summed E-state index contributed by atoms with van der Waals surface area (Å²) in [7, 11) is 1.92. The summed E-state index contributed by atoms with van der Waals surface area (Å²) >= 11 is 0. The Bertz CT molecular complexity index is 504. The van der Waals surface area contributed by atoms with E-state index in [0.717, 1.165) is 12.1 Å². The number of hydrogen-bond acceptors (Lipinski definition) is 3. The third-order valence-electron chi connectivity index (χ3n) is 4.14. The molecule has 1 N–H and O–H groups in total. The predicted molar refractivity (Wildman–Crippen MR) is 79.8 cm³/mol. The van der Waals surface area contributed by atoms with Gasteiger partial charge in [-0.05, 0) is 25.6 Å². The van der Waals surface area contributed by atoms with Gasteiger partial charge in [-0.3, -0.25) is 14.5 Å². The van der Waals surface area contributed by atoms with E-state index >= 15 is 0 Å². The molecule has 0 aliphatic carbocycles. The number of rotatable bonds is 5. The van der Waals surface area contributed by atoms with Gasteiger partial charge >= 0.3 is 5.97 Å². The molecular weight excluding hydrogens is 268 g/mol. The summed E-state index contributed by atoms with van der Waals surface area (Å²) in [5.74, 6) is -1.25. The highest BCUT2D eigenvalue weighted by atomic mass is 16.4. The predicted octanol–water partition coefficient (Wildman–Crippen LogP) is 1.61. The molecule has 1 aliphatic rings. The van der Waals surface area contributed by atoms with E-state index < -0.39 is 11.9 Å². The van der Waals surface area contributed by atoms with Crippen molar-refractivity contribution in [3.63, 3.8) is 0 Å². The molecule has 5 heteroatoms. The number of likely N-dealkylation sites (N-methyl/N-ethyl adjacent to an activating group) is 1. The number of nitrogens with zero attached hydrogens (tertiary/aromatic N) is 2. The zero-order valence-corrected chi connectivity index (χ0v) is 12.5. The normalized spacial score (nSPS) is 19.8. The molecule has 1 aromatic carbocycles. The van der Waals surface area contributed by atoms with Crippen molar-refractivity contribution < 1.29 is 14.7 Å². The Labute approximate surface area is 125 Å². The molecule has 0 saturated carbocycles. The van der Waals surface area contributed by atoms with Gasteiger partial charge in [0.05, 0.1) is 5.92 Å². The fourth-order valence-electron chi connectivity index (χ4n) is 2.74. The second kappa shape index (κ2) is 6.72. The van der Waals surface area contributed by atoms with Crippen LogP contribution in [0.25, 0.3) is 0 Å². The number of amides is 1. The van der Waals surface area contributed by atoms with Crippen molar-refractivity contribution in [2.75, 3.05) is 26.7 Å². The van der Waals surface area contributed by atoms with Crippen LogP contribution in [0.5, 0.6) is 0 Å². The molecule has 1 heterocycles. The summed E-state index contributed by atoms with van der Waals surface area (Å²) in [4.78, 5) is 27.5. The summed E-state index contributed by atoms with van der Waals surface area (Å²) < 4.78 is 0. The molecular formula is C16H22N2O3. The van der Waals surface area contributed by atoms with Crippen LogP contribution in [-0.4, -0.2) is 53.5 Å². The molecule has 1 saturated heterocycles. The molecule has 1 aromatic rings. The lowest BCUT2D eigenvalue weighted by Gasteiger charge is -2.30. The fourth-order valence-corrected chi connectivity index (χ4v) is 2.74. The molecule has 21 heavy (non-hydrogen) atoms. The summed E-state index contributed by atoms with van der Waals surface area (Å²) in [6.45, 7) is 3.60. The van der Waals surface area contributed by atoms with Crippen molar-refractivity contribution in [1.82, 2.24) is 9.80 Å². The molecule has 2 atom stereocenters. The lowest BCUT2D eigenvalue weighted by Crippen LogP contribution is -2.41. The van der Waals surface area contributed by atoms with E-state index in [1.54, 1.807) is 4.90 Å². The van der Waals surface area contributed by atoms with Gasteiger partial charge in [-0.1, -0.05) is 37.3 Å². The van der Waals surface area contributed by atoms with Gasteiger partial charge in [-0.2, -0.15) is 0 Å². The fraction of sp³-hybridized carbons (Fsp3) is 0.500. The van der Waals surface area contributed by atoms with Crippen LogP contribution in [0.15, 0.2) is 30.3 Å². The summed E-state index contributed by atoms with van der Waals surface area (Å²) in [6.07, 6.45) is 0.540. The van der Waals surface area contributed by atoms with Gasteiger partial charge in [-0.15, -0.1) is 0 Å². The smallest absolute Gasteiger partial charge is 0.308 e. The SMILES string of the molecule is CCN(C)[C@H](C(=O)N1CC[C@H](C(=O)O)C1)c1ccccc1. The first-order valence-corrected chi connectivity index (χ1v) is 7.31. The van der Waals surface area contributed by atoms with Gasteiger partial charge in [-0.25, -0.2) is 0 Å².